The van der Waals surface area contributed by atoms with Crippen LogP contribution in [0.5, 0.6) is 5.75 Å². The van der Waals surface area contributed by atoms with Gasteiger partial charge in [-0.1, -0.05) is 18.2 Å². The van der Waals surface area contributed by atoms with Crippen LogP contribution in [0.4, 0.5) is 10.5 Å². The quantitative estimate of drug-likeness (QED) is 0.647. The molecule has 0 saturated carbocycles. The summed E-state index contributed by atoms with van der Waals surface area (Å²) in [6.07, 6.45) is -0.653. The van der Waals surface area contributed by atoms with E-state index < -0.39 is 11.7 Å². The lowest BCUT2D eigenvalue weighted by Crippen LogP contribution is -2.37. The predicted molar refractivity (Wildman–Crippen MR) is 113 cm³/mol. The first kappa shape index (κ1) is 22.7. The van der Waals surface area contributed by atoms with E-state index in [2.05, 4.69) is 16.0 Å². The van der Waals surface area contributed by atoms with E-state index in [-0.39, 0.29) is 18.4 Å². The van der Waals surface area contributed by atoms with Gasteiger partial charge in [0, 0.05) is 17.8 Å². The Kier molecular flexibility index (Phi) is 7.80. The second-order valence-electron chi connectivity index (χ2n) is 7.52. The molecule has 0 aliphatic rings. The Hall–Kier alpha value is -3.55. The molecule has 0 spiro atoms. The Morgan fingerprint density at radius 3 is 2.30 bits per heavy atom. The fourth-order valence-corrected chi connectivity index (χ4v) is 2.43. The van der Waals surface area contributed by atoms with Crippen molar-refractivity contribution in [1.29, 1.82) is 0 Å². The molecule has 0 unspecified atom stereocenters. The molecule has 0 saturated heterocycles. The van der Waals surface area contributed by atoms with Crippen molar-refractivity contribution in [2.45, 2.75) is 32.9 Å². The molecule has 0 aromatic heterocycles. The maximum atomic E-state index is 12.2. The molecule has 0 radical (unpaired) electrons. The number of anilines is 1. The Morgan fingerprint density at radius 2 is 1.67 bits per heavy atom. The minimum atomic E-state index is -0.653. The fraction of sp³-hybridized carbons (Fsp3) is 0.318. The average Bonchev–Trinajstić information content (AvgIpc) is 2.70. The van der Waals surface area contributed by atoms with Gasteiger partial charge in [-0.2, -0.15) is 0 Å². The number of amides is 3. The summed E-state index contributed by atoms with van der Waals surface area (Å²) < 4.78 is 10.2. The molecule has 2 rings (SSSR count). The van der Waals surface area contributed by atoms with Gasteiger partial charge in [0.25, 0.3) is 5.91 Å². The number of hydrogen-bond donors (Lipinski definition) is 3. The number of carbonyl (C=O) groups is 3. The van der Waals surface area contributed by atoms with Gasteiger partial charge in [0.15, 0.2) is 0 Å². The van der Waals surface area contributed by atoms with E-state index in [1.165, 1.54) is 0 Å². The van der Waals surface area contributed by atoms with Crippen LogP contribution in [0.15, 0.2) is 48.5 Å². The maximum absolute atomic E-state index is 12.2. The molecule has 3 amide bonds. The number of carbonyl (C=O) groups excluding carboxylic acids is 3. The highest BCUT2D eigenvalue weighted by Gasteiger charge is 2.16. The van der Waals surface area contributed by atoms with Crippen LogP contribution >= 0.6 is 0 Å². The van der Waals surface area contributed by atoms with Crippen LogP contribution in [0.25, 0.3) is 0 Å². The standard InChI is InChI=1S/C22H27N3O5/c1-22(2,3)30-21(28)24-14-19(26)25-17-10-8-15(9-11-17)13-23-20(27)16-6-5-7-18(12-16)29-4/h5-12H,13-14H2,1-4H3,(H,23,27)(H,24,28)(H,25,26). The minimum absolute atomic E-state index is 0.201. The lowest BCUT2D eigenvalue weighted by Gasteiger charge is -2.19. The second-order valence-corrected chi connectivity index (χ2v) is 7.52. The van der Waals surface area contributed by atoms with E-state index in [9.17, 15) is 14.4 Å². The van der Waals surface area contributed by atoms with Crippen molar-refractivity contribution in [3.05, 3.63) is 59.7 Å². The SMILES string of the molecule is COc1cccc(C(=O)NCc2ccc(NC(=O)CNC(=O)OC(C)(C)C)cc2)c1. The first-order valence-corrected chi connectivity index (χ1v) is 9.44. The summed E-state index contributed by atoms with van der Waals surface area (Å²) in [4.78, 5) is 35.8. The lowest BCUT2D eigenvalue weighted by molar-refractivity contribution is -0.115. The molecule has 0 atom stereocenters. The number of ether oxygens (including phenoxy) is 2. The molecule has 0 aliphatic heterocycles. The van der Waals surface area contributed by atoms with Crippen LogP contribution in [-0.2, 0) is 16.1 Å². The zero-order valence-electron chi connectivity index (χ0n) is 17.6. The van der Waals surface area contributed by atoms with Crippen LogP contribution in [0, 0.1) is 0 Å². The van der Waals surface area contributed by atoms with Crippen molar-refractivity contribution >= 4 is 23.6 Å². The molecule has 0 aliphatic carbocycles. The van der Waals surface area contributed by atoms with Crippen LogP contribution in [0.2, 0.25) is 0 Å². The largest absolute Gasteiger partial charge is 0.497 e. The van der Waals surface area contributed by atoms with Gasteiger partial charge in [0.1, 0.15) is 17.9 Å². The minimum Gasteiger partial charge on any atom is -0.497 e. The van der Waals surface area contributed by atoms with Gasteiger partial charge >= 0.3 is 6.09 Å². The second kappa shape index (κ2) is 10.3. The molecule has 0 heterocycles. The van der Waals surface area contributed by atoms with Gasteiger partial charge in [0.2, 0.25) is 5.91 Å². The molecule has 2 aromatic rings. The smallest absolute Gasteiger partial charge is 0.408 e. The van der Waals surface area contributed by atoms with Crippen LogP contribution in [0.3, 0.4) is 0 Å². The summed E-state index contributed by atoms with van der Waals surface area (Å²) in [5.41, 5.74) is 1.33. The maximum Gasteiger partial charge on any atom is 0.408 e. The first-order valence-electron chi connectivity index (χ1n) is 9.44. The van der Waals surface area contributed by atoms with Gasteiger partial charge in [-0.15, -0.1) is 0 Å². The van der Waals surface area contributed by atoms with Crippen molar-refractivity contribution in [3.8, 4) is 5.75 Å². The molecular weight excluding hydrogens is 386 g/mol. The van der Waals surface area contributed by atoms with Crippen molar-refractivity contribution < 1.29 is 23.9 Å². The number of rotatable bonds is 7. The Morgan fingerprint density at radius 1 is 0.967 bits per heavy atom. The predicted octanol–water partition coefficient (Wildman–Crippen LogP) is 3.09. The third kappa shape index (κ3) is 7.83. The van der Waals surface area contributed by atoms with E-state index in [0.29, 0.717) is 23.5 Å². The fourth-order valence-electron chi connectivity index (χ4n) is 2.43. The Labute approximate surface area is 175 Å². The van der Waals surface area contributed by atoms with Gasteiger partial charge in [0.05, 0.1) is 7.11 Å². The van der Waals surface area contributed by atoms with E-state index in [1.54, 1.807) is 76.4 Å². The van der Waals surface area contributed by atoms with Crippen LogP contribution < -0.4 is 20.7 Å². The summed E-state index contributed by atoms with van der Waals surface area (Å²) in [5.74, 6) is 0.0309. The normalized spacial score (nSPS) is 10.7. The third-order valence-corrected chi connectivity index (χ3v) is 3.81. The van der Waals surface area contributed by atoms with Crippen molar-refractivity contribution in [1.82, 2.24) is 10.6 Å². The van der Waals surface area contributed by atoms with Crippen LogP contribution in [-0.4, -0.2) is 37.2 Å². The summed E-state index contributed by atoms with van der Waals surface area (Å²) in [6.45, 7) is 5.37. The molecule has 8 nitrogen and oxygen atoms in total. The molecule has 3 N–H and O–H groups in total. The molecule has 0 bridgehead atoms. The average molecular weight is 413 g/mol. The summed E-state index contributed by atoms with van der Waals surface area (Å²) in [6, 6.07) is 13.9. The highest BCUT2D eigenvalue weighted by Crippen LogP contribution is 2.13. The summed E-state index contributed by atoms with van der Waals surface area (Å²) >= 11 is 0. The first-order chi connectivity index (χ1) is 14.2. The third-order valence-electron chi connectivity index (χ3n) is 3.81. The monoisotopic (exact) mass is 413 g/mol. The highest BCUT2D eigenvalue weighted by molar-refractivity contribution is 5.95. The number of nitrogens with one attached hydrogen (secondary N) is 3. The van der Waals surface area contributed by atoms with Gasteiger partial charge in [-0.3, -0.25) is 9.59 Å². The van der Waals surface area contributed by atoms with E-state index >= 15 is 0 Å². The van der Waals surface area contributed by atoms with Gasteiger partial charge in [-0.25, -0.2) is 4.79 Å². The Balaban J connectivity index is 1.79. The number of benzene rings is 2. The van der Waals surface area contributed by atoms with Gasteiger partial charge < -0.3 is 25.4 Å². The van der Waals surface area contributed by atoms with Crippen molar-refractivity contribution in [2.75, 3.05) is 19.0 Å². The zero-order valence-corrected chi connectivity index (χ0v) is 17.6. The van der Waals surface area contributed by atoms with Crippen LogP contribution in [0.1, 0.15) is 36.7 Å². The topological polar surface area (TPSA) is 106 Å². The zero-order chi connectivity index (χ0) is 22.1. The molecule has 30 heavy (non-hydrogen) atoms. The van der Waals surface area contributed by atoms with Gasteiger partial charge in [-0.05, 0) is 56.7 Å². The summed E-state index contributed by atoms with van der Waals surface area (Å²) in [5, 5.41) is 7.91. The number of methoxy groups -OCH3 is 1. The summed E-state index contributed by atoms with van der Waals surface area (Å²) in [7, 11) is 1.55. The van der Waals surface area contributed by atoms with E-state index in [0.717, 1.165) is 5.56 Å². The molecule has 0 fully saturated rings. The molecule has 2 aromatic carbocycles. The lowest BCUT2D eigenvalue weighted by atomic mass is 10.1. The molecule has 8 heteroatoms. The Bertz CT molecular complexity index is 888. The van der Waals surface area contributed by atoms with Crippen molar-refractivity contribution in [2.24, 2.45) is 0 Å². The van der Waals surface area contributed by atoms with E-state index in [1.807, 2.05) is 0 Å². The molecular formula is C22H27N3O5. The molecule has 160 valence electrons. The number of hydrogen-bond acceptors (Lipinski definition) is 5. The number of alkyl carbamates (subject to hydrolysis) is 1. The van der Waals surface area contributed by atoms with Crippen molar-refractivity contribution in [3.63, 3.8) is 0 Å². The van der Waals surface area contributed by atoms with E-state index in [4.69, 9.17) is 9.47 Å². The highest BCUT2D eigenvalue weighted by atomic mass is 16.6.